The molecule has 0 amide bonds. The molecule has 0 spiro atoms. The maximum Gasteiger partial charge on any atom is 0.109 e. The summed E-state index contributed by atoms with van der Waals surface area (Å²) in [4.78, 5) is 4.69. The van der Waals surface area contributed by atoms with Gasteiger partial charge < -0.3 is 4.84 Å². The molecule has 0 N–H and O–H groups in total. The highest BCUT2D eigenvalue weighted by atomic mass is 16.6. The van der Waals surface area contributed by atoms with Crippen LogP contribution in [0.25, 0.3) is 0 Å². The summed E-state index contributed by atoms with van der Waals surface area (Å²) in [6.07, 6.45) is 7.01. The Morgan fingerprint density at radius 3 is 2.83 bits per heavy atom. The first-order valence-electron chi connectivity index (χ1n) is 3.97. The molecule has 0 saturated heterocycles. The number of hydrogen-bond donors (Lipinski definition) is 0. The normalized spacial score (nSPS) is 19.7. The minimum atomic E-state index is 0.817. The maximum absolute atomic E-state index is 4.69. The van der Waals surface area contributed by atoms with Crippen LogP contribution in [0.3, 0.4) is 0 Å². The Morgan fingerprint density at radius 1 is 1.50 bits per heavy atom. The van der Waals surface area contributed by atoms with Gasteiger partial charge in [0.25, 0.3) is 0 Å². The van der Waals surface area contributed by atoms with Crippen molar-refractivity contribution in [3.63, 3.8) is 0 Å². The fourth-order valence-corrected chi connectivity index (χ4v) is 1.01. The number of rotatable bonds is 2. The van der Waals surface area contributed by atoms with Crippen LogP contribution in [0.5, 0.6) is 0 Å². The summed E-state index contributed by atoms with van der Waals surface area (Å²) in [7, 11) is 1.54. The van der Waals surface area contributed by atoms with E-state index in [1.54, 1.807) is 0 Å². The van der Waals surface area contributed by atoms with Gasteiger partial charge in [-0.1, -0.05) is 30.8 Å². The summed E-state index contributed by atoms with van der Waals surface area (Å²) in [5, 5.41) is 3.85. The molecule has 0 atom stereocenters. The van der Waals surface area contributed by atoms with Crippen molar-refractivity contribution in [2.75, 3.05) is 7.11 Å². The molecule has 1 aliphatic rings. The molecule has 12 heavy (non-hydrogen) atoms. The van der Waals surface area contributed by atoms with Crippen molar-refractivity contribution in [3.05, 3.63) is 36.0 Å². The molecule has 1 aliphatic carbocycles. The Morgan fingerprint density at radius 2 is 2.25 bits per heavy atom. The largest absolute Gasteiger partial charge is 0.399 e. The van der Waals surface area contributed by atoms with Crippen molar-refractivity contribution in [2.45, 2.75) is 13.3 Å². The van der Waals surface area contributed by atoms with Crippen LogP contribution >= 0.6 is 0 Å². The molecular formula is C10H13NO. The molecule has 0 saturated carbocycles. The molecule has 0 fully saturated rings. The molecule has 64 valence electrons. The number of allylic oxidation sites excluding steroid dienone is 5. The topological polar surface area (TPSA) is 21.6 Å². The van der Waals surface area contributed by atoms with Gasteiger partial charge in [-0.25, -0.2) is 0 Å². The van der Waals surface area contributed by atoms with E-state index in [2.05, 4.69) is 24.7 Å². The molecule has 0 unspecified atom stereocenters. The van der Waals surface area contributed by atoms with Gasteiger partial charge in [0.05, 0.1) is 0 Å². The second kappa shape index (κ2) is 3.90. The van der Waals surface area contributed by atoms with E-state index in [1.807, 2.05) is 12.2 Å². The van der Waals surface area contributed by atoms with Crippen LogP contribution in [0, 0.1) is 0 Å². The van der Waals surface area contributed by atoms with Gasteiger partial charge in [0.15, 0.2) is 0 Å². The van der Waals surface area contributed by atoms with E-state index in [1.165, 1.54) is 12.7 Å². The van der Waals surface area contributed by atoms with Crippen LogP contribution in [0.15, 0.2) is 41.1 Å². The molecule has 2 nitrogen and oxygen atoms in total. The van der Waals surface area contributed by atoms with Crippen molar-refractivity contribution in [2.24, 2.45) is 5.16 Å². The second-order valence-electron chi connectivity index (χ2n) is 2.59. The molecule has 2 heteroatoms. The highest BCUT2D eigenvalue weighted by molar-refractivity contribution is 6.11. The van der Waals surface area contributed by atoms with Gasteiger partial charge in [-0.3, -0.25) is 0 Å². The van der Waals surface area contributed by atoms with Gasteiger partial charge >= 0.3 is 0 Å². The highest BCUT2D eigenvalue weighted by Gasteiger charge is 2.05. The Kier molecular flexibility index (Phi) is 2.86. The van der Waals surface area contributed by atoms with Crippen molar-refractivity contribution < 1.29 is 4.84 Å². The van der Waals surface area contributed by atoms with E-state index in [0.29, 0.717) is 0 Å². The lowest BCUT2D eigenvalue weighted by atomic mass is 10.0. The third-order valence-corrected chi connectivity index (χ3v) is 1.75. The van der Waals surface area contributed by atoms with Crippen molar-refractivity contribution >= 4 is 5.71 Å². The van der Waals surface area contributed by atoms with Gasteiger partial charge in [0, 0.05) is 0 Å². The quantitative estimate of drug-likeness (QED) is 0.573. The lowest BCUT2D eigenvalue weighted by Gasteiger charge is -2.07. The summed E-state index contributed by atoms with van der Waals surface area (Å²) in [5.74, 6) is 0. The molecule has 0 bridgehead atoms. The van der Waals surface area contributed by atoms with Crippen molar-refractivity contribution in [1.29, 1.82) is 0 Å². The summed E-state index contributed by atoms with van der Waals surface area (Å²) in [6.45, 7) is 5.95. The summed E-state index contributed by atoms with van der Waals surface area (Å²) in [5.41, 5.74) is 2.96. The van der Waals surface area contributed by atoms with Crippen LogP contribution in [-0.4, -0.2) is 12.8 Å². The number of oxime groups is 1. The average molecular weight is 163 g/mol. The summed E-state index contributed by atoms with van der Waals surface area (Å²) in [6, 6.07) is 0. The van der Waals surface area contributed by atoms with E-state index < -0.39 is 0 Å². The Bertz CT molecular complexity index is 272. The molecular weight excluding hydrogens is 150 g/mol. The first-order valence-corrected chi connectivity index (χ1v) is 3.97. The van der Waals surface area contributed by atoms with Gasteiger partial charge in [0.2, 0.25) is 0 Å². The highest BCUT2D eigenvalue weighted by Crippen LogP contribution is 2.14. The fraction of sp³-hybridized carbons (Fsp3) is 0.300. The molecule has 1 rings (SSSR count). The maximum atomic E-state index is 4.69. The zero-order chi connectivity index (χ0) is 8.97. The van der Waals surface area contributed by atoms with Gasteiger partial charge in [0.1, 0.15) is 12.8 Å². The monoisotopic (exact) mass is 163 g/mol. The first kappa shape index (κ1) is 8.78. The summed E-state index contributed by atoms with van der Waals surface area (Å²) >= 11 is 0. The predicted molar refractivity (Wildman–Crippen MR) is 51.1 cm³/mol. The minimum absolute atomic E-state index is 0.817. The third kappa shape index (κ3) is 1.84. The fourth-order valence-electron chi connectivity index (χ4n) is 1.01. The lowest BCUT2D eigenvalue weighted by Crippen LogP contribution is -2.02. The molecule has 0 aliphatic heterocycles. The SMILES string of the molecule is C=C1C=CC(CC)=C/C1=N/OC. The molecule has 0 radical (unpaired) electrons. The van der Waals surface area contributed by atoms with Gasteiger partial charge in [-0.15, -0.1) is 0 Å². The Balaban J connectivity index is 2.88. The molecule has 0 aromatic carbocycles. The zero-order valence-electron chi connectivity index (χ0n) is 7.50. The van der Waals surface area contributed by atoms with E-state index in [4.69, 9.17) is 4.84 Å². The molecule has 0 aromatic heterocycles. The molecule has 0 aromatic rings. The van der Waals surface area contributed by atoms with E-state index >= 15 is 0 Å². The second-order valence-corrected chi connectivity index (χ2v) is 2.59. The Labute approximate surface area is 72.9 Å². The smallest absolute Gasteiger partial charge is 0.109 e. The van der Waals surface area contributed by atoms with E-state index in [9.17, 15) is 0 Å². The van der Waals surface area contributed by atoms with Crippen LogP contribution in [0.2, 0.25) is 0 Å². The predicted octanol–water partition coefficient (Wildman–Crippen LogP) is 2.45. The lowest BCUT2D eigenvalue weighted by molar-refractivity contribution is 0.214. The number of nitrogens with zero attached hydrogens (tertiary/aromatic N) is 1. The standard InChI is InChI=1S/C10H13NO/c1-4-9-6-5-8(2)10(7-9)11-12-3/h5-7H,2,4H2,1,3H3/b11-10-. The molecule has 0 heterocycles. The summed E-state index contributed by atoms with van der Waals surface area (Å²) < 4.78 is 0. The van der Waals surface area contributed by atoms with Crippen LogP contribution < -0.4 is 0 Å². The average Bonchev–Trinajstić information content (AvgIpc) is 2.09. The Hall–Kier alpha value is -1.31. The number of hydrogen-bond acceptors (Lipinski definition) is 2. The van der Waals surface area contributed by atoms with Crippen LogP contribution in [-0.2, 0) is 4.84 Å². The first-order chi connectivity index (χ1) is 5.77. The van der Waals surface area contributed by atoms with Gasteiger partial charge in [-0.2, -0.15) is 0 Å². The van der Waals surface area contributed by atoms with E-state index in [0.717, 1.165) is 17.7 Å². The zero-order valence-corrected chi connectivity index (χ0v) is 7.50. The van der Waals surface area contributed by atoms with Crippen molar-refractivity contribution in [3.8, 4) is 0 Å². The third-order valence-electron chi connectivity index (χ3n) is 1.75. The van der Waals surface area contributed by atoms with Crippen LogP contribution in [0.1, 0.15) is 13.3 Å². The van der Waals surface area contributed by atoms with Crippen LogP contribution in [0.4, 0.5) is 0 Å². The van der Waals surface area contributed by atoms with Gasteiger partial charge in [-0.05, 0) is 23.6 Å². The van der Waals surface area contributed by atoms with Crippen molar-refractivity contribution in [1.82, 2.24) is 0 Å². The van der Waals surface area contributed by atoms with E-state index in [-0.39, 0.29) is 0 Å². The minimum Gasteiger partial charge on any atom is -0.399 e.